The van der Waals surface area contributed by atoms with Gasteiger partial charge in [-0.15, -0.1) is 0 Å². The predicted molar refractivity (Wildman–Crippen MR) is 269 cm³/mol. The van der Waals surface area contributed by atoms with E-state index in [1.54, 1.807) is 24.0 Å². The molecular weight excluding hydrogens is 878 g/mol. The number of benzene rings is 1. The molecule has 0 saturated carbocycles. The number of carbonyl (C=O) groups is 5. The number of methoxy groups -OCH3 is 3. The third kappa shape index (κ3) is 24.3. The highest BCUT2D eigenvalue weighted by Crippen LogP contribution is 2.36. The number of likely N-dealkylation sites (tertiary alicyclic amines) is 1. The summed E-state index contributed by atoms with van der Waals surface area (Å²) in [6.45, 7) is 21.9. The summed E-state index contributed by atoms with van der Waals surface area (Å²) in [5.41, 5.74) is 0.459. The molecule has 0 radical (unpaired) electrons. The summed E-state index contributed by atoms with van der Waals surface area (Å²) in [5, 5.41) is 2.55. The summed E-state index contributed by atoms with van der Waals surface area (Å²) < 4.78 is 21.0. The third-order valence-corrected chi connectivity index (χ3v) is 13.0. The molecule has 1 aromatic carbocycles. The van der Waals surface area contributed by atoms with Crippen molar-refractivity contribution in [2.75, 3.05) is 95.0 Å². The average Bonchev–Trinajstić information content (AvgIpc) is 3.70. The van der Waals surface area contributed by atoms with Crippen molar-refractivity contribution in [1.29, 1.82) is 0 Å². The van der Waals surface area contributed by atoms with Gasteiger partial charge in [0.25, 0.3) is 0 Å². The molecule has 2 aliphatic rings. The minimum Gasteiger partial charge on any atom is -0.469 e. The molecule has 3 rings (SSSR count). The van der Waals surface area contributed by atoms with Crippen molar-refractivity contribution >= 4 is 44.8 Å². The van der Waals surface area contributed by atoms with Crippen molar-refractivity contribution in [3.05, 3.63) is 35.9 Å². The summed E-state index contributed by atoms with van der Waals surface area (Å²) in [5.74, 6) is 0.429. The highest BCUT2D eigenvalue weighted by Gasteiger charge is 2.34. The number of esters is 1. The van der Waals surface area contributed by atoms with Crippen LogP contribution in [-0.4, -0.2) is 197 Å². The molecule has 1 aromatic rings. The maximum absolute atomic E-state index is 13.1. The summed E-state index contributed by atoms with van der Waals surface area (Å²) in [4.78, 5) is 82.5. The number of carbonyl (C=O) groups excluding carboxylic acids is 5. The highest BCUT2D eigenvalue weighted by molar-refractivity contribution is 7.53. The van der Waals surface area contributed by atoms with Crippen LogP contribution in [0.3, 0.4) is 0 Å². The summed E-state index contributed by atoms with van der Waals surface area (Å²) in [7, 11) is 10.8. The van der Waals surface area contributed by atoms with Gasteiger partial charge in [-0.05, 0) is 71.0 Å². The van der Waals surface area contributed by atoms with E-state index in [0.717, 1.165) is 18.3 Å². The Morgan fingerprint density at radius 1 is 0.940 bits per heavy atom. The molecule has 17 nitrogen and oxygen atoms in total. The lowest BCUT2D eigenvalue weighted by molar-refractivity contribution is -0.137. The standard InChI is InChI=1S/C24H45N5O5.C12H16NO4P.C10H21NO.C3H8/c1-10-18(2)21(19(33-9)11-16-30)27(8)20(31)17-25-22(26(6)7)28-12-14-29(15-13-28)23(32)34-24(3,4)5;1-17-12(15)8-18(16)11(13-9-14)7-10-5-3-2-4-6-10;1-8(2)10(12-4)9-6-5-7-11(9)3;1-3-2/h16,18-19,21H,10-15,17H2,1-9H3;2-6,9,11,16H,7-8H2,1H3,(H,13,14);8-10H,5-7H2,1-4H3;3H2,1-2H3/t;11-,18?;;/m.1../s1. The SMILES string of the molecule is CCC.CCC(C)C(C(CC=O)OC)N(C)C(=O)CN=C(N(C)C)N1CCN(C(=O)OC(C)(C)C)CC1.COC(=O)CP(O)[C@H](Cc1ccccc1)NC=O.COC(C(C)C)C1CCCN1C. The Balaban J connectivity index is 0.00000109. The Labute approximate surface area is 405 Å². The first-order valence-corrected chi connectivity index (χ1v) is 25.3. The summed E-state index contributed by atoms with van der Waals surface area (Å²) in [6.07, 6.45) is 6.48. The summed E-state index contributed by atoms with van der Waals surface area (Å²) in [6, 6.07) is 9.89. The van der Waals surface area contributed by atoms with Crippen molar-refractivity contribution in [3.8, 4) is 0 Å². The molecule has 6 unspecified atom stereocenters. The first kappa shape index (κ1) is 63.1. The van der Waals surface area contributed by atoms with Crippen molar-refractivity contribution in [2.45, 2.75) is 137 Å². The molecule has 0 aromatic heterocycles. The normalized spacial score (nSPS) is 17.9. The fourth-order valence-electron chi connectivity index (χ4n) is 7.76. The van der Waals surface area contributed by atoms with Crippen molar-refractivity contribution < 1.29 is 47.8 Å². The molecule has 2 N–H and O–H groups in total. The Morgan fingerprint density at radius 3 is 1.96 bits per heavy atom. The van der Waals surface area contributed by atoms with E-state index < -0.39 is 25.5 Å². The second-order valence-corrected chi connectivity index (χ2v) is 20.3. The van der Waals surface area contributed by atoms with Gasteiger partial charge in [0.15, 0.2) is 5.96 Å². The number of nitrogens with zero attached hydrogens (tertiary/aromatic N) is 6. The number of guanidine groups is 1. The number of amides is 3. The number of likely N-dealkylation sites (N-methyl/N-ethyl adjacent to an activating group) is 2. The number of hydrogen-bond acceptors (Lipinski definition) is 12. The maximum atomic E-state index is 13.1. The van der Waals surface area contributed by atoms with Crippen LogP contribution in [0.5, 0.6) is 0 Å². The van der Waals surface area contributed by atoms with Crippen LogP contribution in [0.1, 0.15) is 100.0 Å². The lowest BCUT2D eigenvalue weighted by Crippen LogP contribution is -2.54. The van der Waals surface area contributed by atoms with Gasteiger partial charge in [0, 0.05) is 74.0 Å². The molecule has 386 valence electrons. The Hall–Kier alpha value is -3.89. The van der Waals surface area contributed by atoms with Gasteiger partial charge >= 0.3 is 12.1 Å². The van der Waals surface area contributed by atoms with Crippen LogP contribution in [0, 0.1) is 11.8 Å². The van der Waals surface area contributed by atoms with E-state index in [9.17, 15) is 28.9 Å². The van der Waals surface area contributed by atoms with E-state index >= 15 is 0 Å². The van der Waals surface area contributed by atoms with E-state index in [-0.39, 0.29) is 49.2 Å². The molecular formula is C49H90N7O10P. The van der Waals surface area contributed by atoms with Crippen molar-refractivity contribution in [3.63, 3.8) is 0 Å². The van der Waals surface area contributed by atoms with Crippen molar-refractivity contribution in [1.82, 2.24) is 29.8 Å². The molecule has 0 spiro atoms. The fourth-order valence-corrected chi connectivity index (χ4v) is 9.03. The molecule has 2 aliphatic heterocycles. The van der Waals surface area contributed by atoms with Crippen LogP contribution in [-0.2, 0) is 44.5 Å². The predicted octanol–water partition coefficient (Wildman–Crippen LogP) is 5.97. The average molecular weight is 968 g/mol. The zero-order valence-electron chi connectivity index (χ0n) is 44.0. The van der Waals surface area contributed by atoms with Gasteiger partial charge in [-0.1, -0.05) is 84.7 Å². The molecule has 2 fully saturated rings. The van der Waals surface area contributed by atoms with E-state index in [2.05, 4.69) is 73.4 Å². The van der Waals surface area contributed by atoms with Crippen LogP contribution in [0.2, 0.25) is 0 Å². The maximum Gasteiger partial charge on any atom is 0.410 e. The minimum atomic E-state index is -1.64. The molecule has 18 heteroatoms. The first-order valence-electron chi connectivity index (χ1n) is 23.8. The number of aliphatic imine (C=N–C) groups is 1. The second-order valence-electron chi connectivity index (χ2n) is 18.5. The zero-order chi connectivity index (χ0) is 51.3. The van der Waals surface area contributed by atoms with Gasteiger partial charge in [0.1, 0.15) is 18.4 Å². The zero-order valence-corrected chi connectivity index (χ0v) is 44.9. The molecule has 0 bridgehead atoms. The van der Waals surface area contributed by atoms with E-state index in [1.807, 2.05) is 77.2 Å². The fraction of sp³-hybridized carbons (Fsp3) is 0.755. The number of ether oxygens (including phenoxy) is 4. The van der Waals surface area contributed by atoms with Crippen LogP contribution in [0.25, 0.3) is 0 Å². The molecule has 7 atom stereocenters. The Morgan fingerprint density at radius 2 is 1.52 bits per heavy atom. The molecule has 0 aliphatic carbocycles. The van der Waals surface area contributed by atoms with Gasteiger partial charge in [-0.25, -0.2) is 9.79 Å². The number of rotatable bonds is 19. The lowest BCUT2D eigenvalue weighted by Gasteiger charge is -2.39. The second kappa shape index (κ2) is 34.4. The molecule has 2 saturated heterocycles. The van der Waals surface area contributed by atoms with Gasteiger partial charge in [0.2, 0.25) is 12.3 Å². The highest BCUT2D eigenvalue weighted by atomic mass is 31.1. The minimum absolute atomic E-state index is 0.0131. The number of hydrogen-bond donors (Lipinski definition) is 2. The number of nitrogens with one attached hydrogen (secondary N) is 1. The molecule has 67 heavy (non-hydrogen) atoms. The molecule has 2 heterocycles. The van der Waals surface area contributed by atoms with Gasteiger partial charge < -0.3 is 58.5 Å². The monoisotopic (exact) mass is 968 g/mol. The topological polar surface area (TPSA) is 183 Å². The smallest absolute Gasteiger partial charge is 0.410 e. The van der Waals surface area contributed by atoms with Crippen LogP contribution >= 0.6 is 8.15 Å². The van der Waals surface area contributed by atoms with Crippen LogP contribution < -0.4 is 5.32 Å². The third-order valence-electron chi connectivity index (χ3n) is 11.3. The van der Waals surface area contributed by atoms with Gasteiger partial charge in [-0.3, -0.25) is 14.4 Å². The first-order chi connectivity index (χ1) is 31.6. The van der Waals surface area contributed by atoms with E-state index in [1.165, 1.54) is 32.9 Å². The Kier molecular flexibility index (Phi) is 32.4. The largest absolute Gasteiger partial charge is 0.469 e. The van der Waals surface area contributed by atoms with Crippen LogP contribution in [0.15, 0.2) is 35.3 Å². The van der Waals surface area contributed by atoms with Crippen molar-refractivity contribution in [2.24, 2.45) is 16.8 Å². The van der Waals surface area contributed by atoms with Gasteiger partial charge in [-0.2, -0.15) is 0 Å². The Bertz CT molecular complexity index is 1560. The number of aldehydes is 1. The van der Waals surface area contributed by atoms with Crippen LogP contribution in [0.4, 0.5) is 4.79 Å². The lowest BCUT2D eigenvalue weighted by atomic mass is 9.91. The van der Waals surface area contributed by atoms with E-state index in [0.29, 0.717) is 63.0 Å². The quantitative estimate of drug-likeness (QED) is 0.0545. The van der Waals surface area contributed by atoms with Gasteiger partial charge in [0.05, 0.1) is 45.5 Å². The van der Waals surface area contributed by atoms with E-state index in [4.69, 9.17) is 14.2 Å². The molecule has 3 amide bonds. The number of piperazine rings is 1. The summed E-state index contributed by atoms with van der Waals surface area (Å²) >= 11 is 0.